The van der Waals surface area contributed by atoms with Crippen LogP contribution in [0.15, 0.2) is 60.9 Å². The molecule has 0 radical (unpaired) electrons. The van der Waals surface area contributed by atoms with Crippen molar-refractivity contribution in [2.24, 2.45) is 0 Å². The summed E-state index contributed by atoms with van der Waals surface area (Å²) in [6, 6.07) is 17.7. The lowest BCUT2D eigenvalue weighted by Gasteiger charge is -2.30. The van der Waals surface area contributed by atoms with E-state index in [4.69, 9.17) is 26.1 Å². The van der Waals surface area contributed by atoms with Crippen LogP contribution in [0.5, 0.6) is 11.5 Å². The third-order valence-corrected chi connectivity index (χ3v) is 7.65. The van der Waals surface area contributed by atoms with Gasteiger partial charge in [0.2, 0.25) is 0 Å². The summed E-state index contributed by atoms with van der Waals surface area (Å²) in [7, 11) is 7.37. The molecule has 8 heteroatoms. The summed E-state index contributed by atoms with van der Waals surface area (Å²) in [6.07, 6.45) is 8.65. The number of pyridine rings is 1. The number of aromatic nitrogens is 2. The quantitative estimate of drug-likeness (QED) is 0.265. The van der Waals surface area contributed by atoms with Crippen molar-refractivity contribution in [3.8, 4) is 22.8 Å². The molecule has 38 heavy (non-hydrogen) atoms. The standard InChI is InChI=1S/C30H36ClN5O2/c1-35(2)24-11-5-20(6-12-24)18-32-21-7-9-22(10-8-21)33-23-13-14-36-19-27(34-30(36)15-23)25-16-26(31)29(38-4)17-28(25)37-3/h5-6,11-17,19,21-22,32-33H,7-10,18H2,1-4H3. The van der Waals surface area contributed by atoms with E-state index in [9.17, 15) is 0 Å². The smallest absolute Gasteiger partial charge is 0.141 e. The number of benzene rings is 2. The number of ether oxygens (including phenoxy) is 2. The fraction of sp³-hybridized carbons (Fsp3) is 0.367. The van der Waals surface area contributed by atoms with Gasteiger partial charge in [0.1, 0.15) is 17.1 Å². The van der Waals surface area contributed by atoms with E-state index >= 15 is 0 Å². The van der Waals surface area contributed by atoms with Gasteiger partial charge in [0, 0.05) is 74.2 Å². The van der Waals surface area contributed by atoms with Crippen molar-refractivity contribution < 1.29 is 9.47 Å². The zero-order chi connectivity index (χ0) is 26.6. The maximum atomic E-state index is 6.39. The highest BCUT2D eigenvalue weighted by Gasteiger charge is 2.21. The largest absolute Gasteiger partial charge is 0.496 e. The van der Waals surface area contributed by atoms with Gasteiger partial charge in [0.25, 0.3) is 0 Å². The third kappa shape index (κ3) is 5.84. The van der Waals surface area contributed by atoms with E-state index in [0.717, 1.165) is 42.0 Å². The van der Waals surface area contributed by atoms with Gasteiger partial charge < -0.3 is 29.4 Å². The molecule has 2 heterocycles. The number of imidazole rings is 1. The topological polar surface area (TPSA) is 63.1 Å². The van der Waals surface area contributed by atoms with Crippen molar-refractivity contribution in [2.75, 3.05) is 38.5 Å². The van der Waals surface area contributed by atoms with Gasteiger partial charge in [0.05, 0.1) is 24.9 Å². The first-order chi connectivity index (χ1) is 18.4. The number of halogens is 1. The SMILES string of the molecule is COc1cc(OC)c(-c2cn3ccc(NC4CCC(NCc5ccc(N(C)C)cc5)CC4)cc3n2)cc1Cl. The molecule has 1 saturated carbocycles. The van der Waals surface area contributed by atoms with Crippen molar-refractivity contribution in [3.63, 3.8) is 0 Å². The van der Waals surface area contributed by atoms with E-state index in [-0.39, 0.29) is 0 Å². The molecule has 0 unspecified atom stereocenters. The Labute approximate surface area is 229 Å². The first-order valence-electron chi connectivity index (χ1n) is 13.1. The minimum absolute atomic E-state index is 0.463. The summed E-state index contributed by atoms with van der Waals surface area (Å²) in [4.78, 5) is 6.98. The van der Waals surface area contributed by atoms with E-state index in [2.05, 4.69) is 66.0 Å². The average molecular weight is 534 g/mol. The van der Waals surface area contributed by atoms with Crippen molar-refractivity contribution in [2.45, 2.75) is 44.3 Å². The molecular weight excluding hydrogens is 498 g/mol. The lowest BCUT2D eigenvalue weighted by atomic mass is 9.91. The maximum Gasteiger partial charge on any atom is 0.141 e. The highest BCUT2D eigenvalue weighted by atomic mass is 35.5. The number of anilines is 2. The molecular formula is C30H36ClN5O2. The highest BCUT2D eigenvalue weighted by Crippen LogP contribution is 2.38. The van der Waals surface area contributed by atoms with Gasteiger partial charge in [0.15, 0.2) is 0 Å². The van der Waals surface area contributed by atoms with Crippen LogP contribution in [-0.2, 0) is 6.54 Å². The van der Waals surface area contributed by atoms with Crippen molar-refractivity contribution in [1.29, 1.82) is 0 Å². The summed E-state index contributed by atoms with van der Waals surface area (Å²) in [5, 5.41) is 8.01. The van der Waals surface area contributed by atoms with Gasteiger partial charge >= 0.3 is 0 Å². The van der Waals surface area contributed by atoms with Crippen molar-refractivity contribution in [3.05, 3.63) is 71.5 Å². The molecule has 0 spiro atoms. The van der Waals surface area contributed by atoms with Crippen LogP contribution in [0.2, 0.25) is 5.02 Å². The van der Waals surface area contributed by atoms with Crippen molar-refractivity contribution in [1.82, 2.24) is 14.7 Å². The molecule has 7 nitrogen and oxygen atoms in total. The molecule has 5 rings (SSSR count). The number of nitrogens with zero attached hydrogens (tertiary/aromatic N) is 3. The highest BCUT2D eigenvalue weighted by molar-refractivity contribution is 6.32. The second kappa shape index (κ2) is 11.5. The van der Waals surface area contributed by atoms with E-state index in [1.165, 1.54) is 24.1 Å². The zero-order valence-corrected chi connectivity index (χ0v) is 23.3. The molecule has 2 aromatic heterocycles. The van der Waals surface area contributed by atoms with Crippen LogP contribution in [0.4, 0.5) is 11.4 Å². The number of methoxy groups -OCH3 is 2. The molecule has 0 saturated heterocycles. The molecule has 200 valence electrons. The Hall–Kier alpha value is -3.42. The Morgan fingerprint density at radius 2 is 1.66 bits per heavy atom. The van der Waals surface area contributed by atoms with Gasteiger partial charge in [-0.3, -0.25) is 0 Å². The number of hydrogen-bond acceptors (Lipinski definition) is 6. The molecule has 4 aromatic rings. The minimum Gasteiger partial charge on any atom is -0.496 e. The fourth-order valence-electron chi connectivity index (χ4n) is 5.11. The number of nitrogens with one attached hydrogen (secondary N) is 2. The maximum absolute atomic E-state index is 6.39. The molecule has 1 aliphatic carbocycles. The Morgan fingerprint density at radius 3 is 2.34 bits per heavy atom. The van der Waals surface area contributed by atoms with E-state index in [0.29, 0.717) is 28.6 Å². The molecule has 2 N–H and O–H groups in total. The molecule has 1 fully saturated rings. The van der Waals surface area contributed by atoms with E-state index in [1.54, 1.807) is 20.3 Å². The minimum atomic E-state index is 0.463. The molecule has 0 bridgehead atoms. The Kier molecular flexibility index (Phi) is 7.95. The van der Waals surface area contributed by atoms with Gasteiger partial charge in [-0.15, -0.1) is 0 Å². The Balaban J connectivity index is 1.18. The van der Waals surface area contributed by atoms with Gasteiger partial charge in [-0.2, -0.15) is 0 Å². The molecule has 0 atom stereocenters. The lowest BCUT2D eigenvalue weighted by molar-refractivity contribution is 0.353. The second-order valence-electron chi connectivity index (χ2n) is 10.1. The molecule has 0 amide bonds. The van der Waals surface area contributed by atoms with E-state index in [1.807, 2.05) is 22.9 Å². The van der Waals surface area contributed by atoms with Gasteiger partial charge in [-0.05, 0) is 55.5 Å². The summed E-state index contributed by atoms with van der Waals surface area (Å²) >= 11 is 6.39. The monoisotopic (exact) mass is 533 g/mol. The van der Waals surface area contributed by atoms with Crippen LogP contribution >= 0.6 is 11.6 Å². The second-order valence-corrected chi connectivity index (χ2v) is 10.5. The van der Waals surface area contributed by atoms with Crippen LogP contribution < -0.4 is 25.0 Å². The summed E-state index contributed by atoms with van der Waals surface area (Å²) in [5.74, 6) is 1.25. The van der Waals surface area contributed by atoms with E-state index < -0.39 is 0 Å². The lowest BCUT2D eigenvalue weighted by Crippen LogP contribution is -2.36. The average Bonchev–Trinajstić information content (AvgIpc) is 3.36. The Bertz CT molecular complexity index is 1380. The van der Waals surface area contributed by atoms with Crippen LogP contribution in [0.25, 0.3) is 16.9 Å². The summed E-state index contributed by atoms with van der Waals surface area (Å²) < 4.78 is 12.9. The number of rotatable bonds is 9. The van der Waals surface area contributed by atoms with Crippen LogP contribution in [0.3, 0.4) is 0 Å². The molecule has 2 aromatic carbocycles. The first kappa shape index (κ1) is 26.2. The number of fused-ring (bicyclic) bond motifs is 1. The zero-order valence-electron chi connectivity index (χ0n) is 22.5. The van der Waals surface area contributed by atoms with Gasteiger partial charge in [-0.25, -0.2) is 4.98 Å². The van der Waals surface area contributed by atoms with Crippen LogP contribution in [0.1, 0.15) is 31.2 Å². The molecule has 1 aliphatic rings. The Morgan fingerprint density at radius 1 is 0.947 bits per heavy atom. The third-order valence-electron chi connectivity index (χ3n) is 7.36. The fourth-order valence-corrected chi connectivity index (χ4v) is 5.35. The molecule has 0 aliphatic heterocycles. The van der Waals surface area contributed by atoms with Crippen molar-refractivity contribution >= 4 is 28.6 Å². The van der Waals surface area contributed by atoms with Crippen LogP contribution in [0, 0.1) is 0 Å². The number of hydrogen-bond donors (Lipinski definition) is 2. The first-order valence-corrected chi connectivity index (χ1v) is 13.5. The normalized spacial score (nSPS) is 17.4. The van der Waals surface area contributed by atoms with Gasteiger partial charge in [-0.1, -0.05) is 23.7 Å². The predicted octanol–water partition coefficient (Wildman–Crippen LogP) is 6.25. The summed E-state index contributed by atoms with van der Waals surface area (Å²) in [5.41, 5.74) is 6.15. The van der Waals surface area contributed by atoms with Crippen LogP contribution in [-0.4, -0.2) is 49.8 Å². The predicted molar refractivity (Wildman–Crippen MR) is 156 cm³/mol. The summed E-state index contributed by atoms with van der Waals surface area (Å²) in [6.45, 7) is 0.916.